The van der Waals surface area contributed by atoms with Gasteiger partial charge in [0.05, 0.1) is 24.4 Å². The normalized spacial score (nSPS) is 25.1. The van der Waals surface area contributed by atoms with Gasteiger partial charge in [-0.25, -0.2) is 8.42 Å². The Kier molecular flexibility index (Phi) is 5.01. The minimum Gasteiger partial charge on any atom is -0.377 e. The second-order valence-corrected chi connectivity index (χ2v) is 8.41. The van der Waals surface area contributed by atoms with Gasteiger partial charge in [0.1, 0.15) is 5.75 Å². The summed E-state index contributed by atoms with van der Waals surface area (Å²) in [5, 5.41) is 4.16. The van der Waals surface area contributed by atoms with Crippen LogP contribution in [0.4, 0.5) is 0 Å². The van der Waals surface area contributed by atoms with Gasteiger partial charge in [-0.15, -0.1) is 0 Å². The van der Waals surface area contributed by atoms with Gasteiger partial charge >= 0.3 is 0 Å². The molecule has 0 radical (unpaired) electrons. The van der Waals surface area contributed by atoms with Crippen LogP contribution in [-0.4, -0.2) is 65.8 Å². The Hall–Kier alpha value is -1.41. The minimum atomic E-state index is -3.43. The van der Waals surface area contributed by atoms with Crippen molar-refractivity contribution in [3.05, 3.63) is 18.5 Å². The Balaban J connectivity index is 1.57. The summed E-state index contributed by atoms with van der Waals surface area (Å²) in [6.07, 6.45) is 6.76. The zero-order chi connectivity index (χ0) is 16.3. The zero-order valence-electron chi connectivity index (χ0n) is 13.1. The third-order valence-electron chi connectivity index (χ3n) is 4.46. The Morgan fingerprint density at radius 3 is 2.87 bits per heavy atom. The minimum absolute atomic E-state index is 0.0281. The molecule has 0 aromatic carbocycles. The van der Waals surface area contributed by atoms with Gasteiger partial charge < -0.3 is 9.64 Å². The van der Waals surface area contributed by atoms with Crippen LogP contribution in [0, 0.1) is 0 Å². The molecule has 2 aliphatic heterocycles. The van der Waals surface area contributed by atoms with Crippen LogP contribution in [0.15, 0.2) is 18.5 Å². The molecule has 0 N–H and O–H groups in total. The lowest BCUT2D eigenvalue weighted by Crippen LogP contribution is -2.42. The molecule has 2 aliphatic rings. The smallest absolute Gasteiger partial charge is 0.238 e. The Morgan fingerprint density at radius 2 is 2.17 bits per heavy atom. The fourth-order valence-corrected chi connectivity index (χ4v) is 4.86. The number of hydrogen-bond donors (Lipinski definition) is 0. The average Bonchev–Trinajstić information content (AvgIpc) is 3.19. The van der Waals surface area contributed by atoms with Crippen molar-refractivity contribution in [2.24, 2.45) is 0 Å². The molecule has 1 aromatic heterocycles. The molecule has 0 saturated carbocycles. The number of ether oxygens (including phenoxy) is 1. The SMILES string of the molecule is O=C(CS(=O)(=O)CC1CCCO1)N1CCCC1Cn1cccn1. The number of hydrogen-bond acceptors (Lipinski definition) is 5. The predicted molar refractivity (Wildman–Crippen MR) is 84.6 cm³/mol. The van der Waals surface area contributed by atoms with Crippen LogP contribution in [-0.2, 0) is 25.9 Å². The van der Waals surface area contributed by atoms with Crippen LogP contribution in [0.1, 0.15) is 25.7 Å². The lowest BCUT2D eigenvalue weighted by molar-refractivity contribution is -0.129. The standard InChI is InChI=1S/C15H23N3O4S/c19-15(12-23(20,21)11-14-5-2-9-22-14)18-8-1-4-13(18)10-17-7-3-6-16-17/h3,6-7,13-14H,1-2,4-5,8-12H2. The molecule has 128 valence electrons. The molecule has 1 aromatic rings. The van der Waals surface area contributed by atoms with Gasteiger partial charge in [0.2, 0.25) is 5.91 Å². The van der Waals surface area contributed by atoms with E-state index in [0.717, 1.165) is 25.7 Å². The van der Waals surface area contributed by atoms with Crippen LogP contribution < -0.4 is 0 Å². The Labute approximate surface area is 136 Å². The molecular formula is C15H23N3O4S. The topological polar surface area (TPSA) is 81.5 Å². The van der Waals surface area contributed by atoms with Crippen molar-refractivity contribution in [3.8, 4) is 0 Å². The van der Waals surface area contributed by atoms with Crippen LogP contribution in [0.2, 0.25) is 0 Å². The van der Waals surface area contributed by atoms with Crippen molar-refractivity contribution >= 4 is 15.7 Å². The monoisotopic (exact) mass is 341 g/mol. The van der Waals surface area contributed by atoms with E-state index in [2.05, 4.69) is 5.10 Å². The van der Waals surface area contributed by atoms with E-state index in [1.165, 1.54) is 0 Å². The van der Waals surface area contributed by atoms with Crippen molar-refractivity contribution < 1.29 is 17.9 Å². The second-order valence-electron chi connectivity index (χ2n) is 6.30. The van der Waals surface area contributed by atoms with Gasteiger partial charge in [-0.2, -0.15) is 5.10 Å². The zero-order valence-corrected chi connectivity index (χ0v) is 14.0. The number of sulfone groups is 1. The maximum atomic E-state index is 12.4. The molecular weight excluding hydrogens is 318 g/mol. The molecule has 2 saturated heterocycles. The molecule has 23 heavy (non-hydrogen) atoms. The lowest BCUT2D eigenvalue weighted by Gasteiger charge is -2.25. The highest BCUT2D eigenvalue weighted by molar-refractivity contribution is 7.92. The highest BCUT2D eigenvalue weighted by atomic mass is 32.2. The van der Waals surface area contributed by atoms with Gasteiger partial charge in [0, 0.05) is 25.5 Å². The van der Waals surface area contributed by atoms with Gasteiger partial charge in [-0.1, -0.05) is 0 Å². The maximum absolute atomic E-state index is 12.4. The molecule has 2 fully saturated rings. The van der Waals surface area contributed by atoms with Crippen LogP contribution in [0.5, 0.6) is 0 Å². The van der Waals surface area contributed by atoms with Gasteiger partial charge in [-0.3, -0.25) is 9.48 Å². The van der Waals surface area contributed by atoms with Crippen LogP contribution in [0.3, 0.4) is 0 Å². The maximum Gasteiger partial charge on any atom is 0.238 e. The van der Waals surface area contributed by atoms with E-state index in [9.17, 15) is 13.2 Å². The highest BCUT2D eigenvalue weighted by Gasteiger charge is 2.33. The van der Waals surface area contributed by atoms with Gasteiger partial charge in [0.25, 0.3) is 0 Å². The summed E-state index contributed by atoms with van der Waals surface area (Å²) in [5.41, 5.74) is 0. The first-order valence-corrected chi connectivity index (χ1v) is 9.94. The van der Waals surface area contributed by atoms with E-state index < -0.39 is 15.6 Å². The molecule has 0 bridgehead atoms. The summed E-state index contributed by atoms with van der Waals surface area (Å²) in [6.45, 7) is 1.86. The number of carbonyl (C=O) groups excluding carboxylic acids is 1. The third-order valence-corrected chi connectivity index (χ3v) is 6.03. The molecule has 3 rings (SSSR count). The first-order valence-electron chi connectivity index (χ1n) is 8.12. The summed E-state index contributed by atoms with van der Waals surface area (Å²) >= 11 is 0. The van der Waals surface area contributed by atoms with Gasteiger partial charge in [0.15, 0.2) is 9.84 Å². The Bertz CT molecular complexity index is 623. The summed E-state index contributed by atoms with van der Waals surface area (Å²) in [7, 11) is -3.43. The largest absolute Gasteiger partial charge is 0.377 e. The van der Waals surface area contributed by atoms with Crippen molar-refractivity contribution in [2.45, 2.75) is 44.4 Å². The van der Waals surface area contributed by atoms with Crippen LogP contribution >= 0.6 is 0 Å². The summed E-state index contributed by atoms with van der Waals surface area (Å²) in [5.74, 6) is -0.753. The third kappa shape index (κ3) is 4.32. The number of nitrogens with zero attached hydrogens (tertiary/aromatic N) is 3. The van der Waals surface area contributed by atoms with E-state index >= 15 is 0 Å². The number of amides is 1. The molecule has 0 aliphatic carbocycles. The van der Waals surface area contributed by atoms with E-state index in [0.29, 0.717) is 19.7 Å². The summed E-state index contributed by atoms with van der Waals surface area (Å²) in [6, 6.07) is 1.87. The molecule has 3 heterocycles. The first-order chi connectivity index (χ1) is 11.0. The van der Waals surface area contributed by atoms with E-state index in [-0.39, 0.29) is 23.8 Å². The highest BCUT2D eigenvalue weighted by Crippen LogP contribution is 2.20. The fraction of sp³-hybridized carbons (Fsp3) is 0.733. The predicted octanol–water partition coefficient (Wildman–Crippen LogP) is 0.468. The van der Waals surface area contributed by atoms with Crippen molar-refractivity contribution in [3.63, 3.8) is 0 Å². The molecule has 2 atom stereocenters. The molecule has 1 amide bonds. The fourth-order valence-electron chi connectivity index (χ4n) is 3.37. The van der Waals surface area contributed by atoms with E-state index in [4.69, 9.17) is 4.74 Å². The lowest BCUT2D eigenvalue weighted by atomic mass is 10.2. The number of aromatic nitrogens is 2. The molecule has 7 nitrogen and oxygen atoms in total. The first kappa shape index (κ1) is 16.4. The quantitative estimate of drug-likeness (QED) is 0.751. The van der Waals surface area contributed by atoms with E-state index in [1.54, 1.807) is 15.8 Å². The van der Waals surface area contributed by atoms with Crippen molar-refractivity contribution in [1.82, 2.24) is 14.7 Å². The molecule has 0 spiro atoms. The molecule has 8 heteroatoms. The van der Waals surface area contributed by atoms with E-state index in [1.807, 2.05) is 12.3 Å². The summed E-state index contributed by atoms with van der Waals surface area (Å²) < 4.78 is 31.6. The number of likely N-dealkylation sites (tertiary alicyclic amines) is 1. The molecule has 2 unspecified atom stereocenters. The summed E-state index contributed by atoms with van der Waals surface area (Å²) in [4.78, 5) is 14.2. The second kappa shape index (κ2) is 7.00. The Morgan fingerprint density at radius 1 is 1.30 bits per heavy atom. The van der Waals surface area contributed by atoms with Gasteiger partial charge in [-0.05, 0) is 31.7 Å². The number of rotatable bonds is 6. The van der Waals surface area contributed by atoms with Crippen molar-refractivity contribution in [2.75, 3.05) is 24.7 Å². The number of carbonyl (C=O) groups is 1. The van der Waals surface area contributed by atoms with Crippen molar-refractivity contribution in [1.29, 1.82) is 0 Å². The average molecular weight is 341 g/mol. The van der Waals surface area contributed by atoms with Crippen LogP contribution in [0.25, 0.3) is 0 Å².